The van der Waals surface area contributed by atoms with Crippen molar-refractivity contribution in [1.82, 2.24) is 9.80 Å². The lowest BCUT2D eigenvalue weighted by Crippen LogP contribution is -2.69. The fourth-order valence-electron chi connectivity index (χ4n) is 3.42. The first kappa shape index (κ1) is 16.0. The first-order valence-corrected chi connectivity index (χ1v) is 8.28. The molecule has 26 heavy (non-hydrogen) atoms. The van der Waals surface area contributed by atoms with E-state index in [2.05, 4.69) is 6.58 Å². The van der Waals surface area contributed by atoms with Gasteiger partial charge >= 0.3 is 0 Å². The molecule has 0 radical (unpaired) electrons. The second kappa shape index (κ2) is 6.11. The first-order valence-electron chi connectivity index (χ1n) is 8.28. The second-order valence-electron chi connectivity index (χ2n) is 6.16. The van der Waals surface area contributed by atoms with Gasteiger partial charge < -0.3 is 4.90 Å². The van der Waals surface area contributed by atoms with Gasteiger partial charge in [-0.3, -0.25) is 19.3 Å². The van der Waals surface area contributed by atoms with Crippen molar-refractivity contribution in [2.45, 2.75) is 12.1 Å². The smallest absolute Gasteiger partial charge is 0.262 e. The van der Waals surface area contributed by atoms with Crippen molar-refractivity contribution in [3.63, 3.8) is 0 Å². The van der Waals surface area contributed by atoms with Crippen LogP contribution in [0.15, 0.2) is 73.5 Å². The standard InChI is InChI=1S/C21H16N2O3/c1-2-22-17(13-12-14-8-4-3-5-9-14)18(21(22)26)23-19(24)15-10-6-7-11-16(15)20(23)25/h2-13,17-18H,1H2/b13-12+/t17-,18+/m0/s1. The minimum atomic E-state index is -0.847. The maximum absolute atomic E-state index is 12.7. The van der Waals surface area contributed by atoms with Crippen LogP contribution in [0.5, 0.6) is 0 Å². The fourth-order valence-corrected chi connectivity index (χ4v) is 3.42. The lowest BCUT2D eigenvalue weighted by Gasteiger charge is -2.46. The van der Waals surface area contributed by atoms with Gasteiger partial charge in [0.2, 0.25) is 0 Å². The fraction of sp³-hybridized carbons (Fsp3) is 0.0952. The van der Waals surface area contributed by atoms with Crippen LogP contribution in [-0.2, 0) is 4.79 Å². The summed E-state index contributed by atoms with van der Waals surface area (Å²) in [6, 6.07) is 15.0. The SMILES string of the molecule is C=CN1C(=O)[C@H](N2C(=O)c3ccccc3C2=O)[C@@H]1/C=C/c1ccccc1. The lowest BCUT2D eigenvalue weighted by atomic mass is 9.92. The maximum Gasteiger partial charge on any atom is 0.262 e. The van der Waals surface area contributed by atoms with Crippen molar-refractivity contribution >= 4 is 23.8 Å². The van der Waals surface area contributed by atoms with E-state index in [9.17, 15) is 14.4 Å². The molecule has 1 saturated heterocycles. The first-order chi connectivity index (χ1) is 12.6. The zero-order valence-corrected chi connectivity index (χ0v) is 13.9. The van der Waals surface area contributed by atoms with Crippen LogP contribution in [0.4, 0.5) is 0 Å². The number of hydrogen-bond donors (Lipinski definition) is 0. The summed E-state index contributed by atoms with van der Waals surface area (Å²) in [6.45, 7) is 3.66. The highest BCUT2D eigenvalue weighted by Gasteiger charge is 2.54. The lowest BCUT2D eigenvalue weighted by molar-refractivity contribution is -0.147. The van der Waals surface area contributed by atoms with Crippen LogP contribution in [-0.4, -0.2) is 39.6 Å². The van der Waals surface area contributed by atoms with Gasteiger partial charge in [0.15, 0.2) is 0 Å². The number of β-lactam (4-membered cyclic amide) rings is 1. The Morgan fingerprint density at radius 3 is 2.00 bits per heavy atom. The molecule has 0 saturated carbocycles. The summed E-state index contributed by atoms with van der Waals surface area (Å²) < 4.78 is 0. The molecular weight excluding hydrogens is 328 g/mol. The molecule has 2 aliphatic heterocycles. The maximum atomic E-state index is 12.7. The normalized spacial score (nSPS) is 21.9. The quantitative estimate of drug-likeness (QED) is 0.633. The van der Waals surface area contributed by atoms with E-state index in [4.69, 9.17) is 0 Å². The number of imide groups is 1. The van der Waals surface area contributed by atoms with E-state index < -0.39 is 23.9 Å². The molecule has 4 rings (SSSR count). The van der Waals surface area contributed by atoms with Crippen molar-refractivity contribution in [3.05, 3.63) is 90.1 Å². The molecule has 2 aliphatic rings. The van der Waals surface area contributed by atoms with Crippen LogP contribution in [0.3, 0.4) is 0 Å². The summed E-state index contributed by atoms with van der Waals surface area (Å²) in [4.78, 5) is 40.4. The van der Waals surface area contributed by atoms with Gasteiger partial charge in [0, 0.05) is 6.20 Å². The number of benzene rings is 2. The monoisotopic (exact) mass is 344 g/mol. The van der Waals surface area contributed by atoms with Crippen LogP contribution in [0.1, 0.15) is 26.3 Å². The van der Waals surface area contributed by atoms with Crippen LogP contribution in [0, 0.1) is 0 Å². The average molecular weight is 344 g/mol. The number of carbonyl (C=O) groups is 3. The van der Waals surface area contributed by atoms with Crippen LogP contribution in [0.2, 0.25) is 0 Å². The molecular formula is C21H16N2O3. The molecule has 0 bridgehead atoms. The molecule has 0 unspecified atom stereocenters. The van der Waals surface area contributed by atoms with Gasteiger partial charge in [0.25, 0.3) is 17.7 Å². The van der Waals surface area contributed by atoms with Gasteiger partial charge in [0.1, 0.15) is 6.04 Å². The Morgan fingerprint density at radius 1 is 0.846 bits per heavy atom. The summed E-state index contributed by atoms with van der Waals surface area (Å²) in [5.41, 5.74) is 1.65. The topological polar surface area (TPSA) is 57.7 Å². The number of carbonyl (C=O) groups excluding carboxylic acids is 3. The Hall–Kier alpha value is -3.47. The van der Waals surface area contributed by atoms with E-state index in [1.54, 1.807) is 24.3 Å². The van der Waals surface area contributed by atoms with Crippen molar-refractivity contribution < 1.29 is 14.4 Å². The van der Waals surface area contributed by atoms with Gasteiger partial charge in [-0.25, -0.2) is 0 Å². The van der Waals surface area contributed by atoms with Gasteiger partial charge in [0.05, 0.1) is 17.2 Å². The highest BCUT2D eigenvalue weighted by atomic mass is 16.2. The molecule has 0 aliphatic carbocycles. The molecule has 1 fully saturated rings. The summed E-state index contributed by atoms with van der Waals surface area (Å²) in [7, 11) is 0. The number of rotatable bonds is 4. The molecule has 5 nitrogen and oxygen atoms in total. The highest BCUT2D eigenvalue weighted by molar-refractivity contribution is 6.23. The largest absolute Gasteiger partial charge is 0.308 e. The Kier molecular flexibility index (Phi) is 3.77. The highest BCUT2D eigenvalue weighted by Crippen LogP contribution is 2.33. The zero-order valence-electron chi connectivity index (χ0n) is 13.9. The van der Waals surface area contributed by atoms with Crippen LogP contribution >= 0.6 is 0 Å². The van der Waals surface area contributed by atoms with Crippen LogP contribution < -0.4 is 0 Å². The summed E-state index contributed by atoms with van der Waals surface area (Å²) in [6.07, 6.45) is 5.13. The van der Waals surface area contributed by atoms with Crippen molar-refractivity contribution in [3.8, 4) is 0 Å². The summed E-state index contributed by atoms with van der Waals surface area (Å²) in [5, 5.41) is 0. The zero-order chi connectivity index (χ0) is 18.3. The van der Waals surface area contributed by atoms with E-state index in [0.29, 0.717) is 11.1 Å². The Morgan fingerprint density at radius 2 is 1.42 bits per heavy atom. The number of likely N-dealkylation sites (tertiary alicyclic amines) is 1. The number of nitrogens with zero attached hydrogens (tertiary/aromatic N) is 2. The molecule has 2 heterocycles. The van der Waals surface area contributed by atoms with Crippen molar-refractivity contribution in [2.24, 2.45) is 0 Å². The predicted octanol–water partition coefficient (Wildman–Crippen LogP) is 2.72. The van der Waals surface area contributed by atoms with E-state index in [1.807, 2.05) is 42.5 Å². The van der Waals surface area contributed by atoms with Crippen molar-refractivity contribution in [1.29, 1.82) is 0 Å². The third kappa shape index (κ3) is 2.29. The molecule has 2 aromatic carbocycles. The van der Waals surface area contributed by atoms with E-state index in [0.717, 1.165) is 10.5 Å². The van der Waals surface area contributed by atoms with Gasteiger partial charge in [-0.2, -0.15) is 0 Å². The molecule has 5 heteroatoms. The van der Waals surface area contributed by atoms with Gasteiger partial charge in [-0.15, -0.1) is 0 Å². The summed E-state index contributed by atoms with van der Waals surface area (Å²) in [5.74, 6) is -1.16. The Balaban J connectivity index is 1.66. The number of fused-ring (bicyclic) bond motifs is 1. The third-order valence-electron chi connectivity index (χ3n) is 4.74. The molecule has 3 amide bonds. The van der Waals surface area contributed by atoms with Crippen LogP contribution in [0.25, 0.3) is 6.08 Å². The molecule has 2 aromatic rings. The van der Waals surface area contributed by atoms with E-state index in [-0.39, 0.29) is 5.91 Å². The van der Waals surface area contributed by atoms with Crippen molar-refractivity contribution in [2.75, 3.05) is 0 Å². The minimum Gasteiger partial charge on any atom is -0.308 e. The molecule has 128 valence electrons. The predicted molar refractivity (Wildman–Crippen MR) is 97.0 cm³/mol. The van der Waals surface area contributed by atoms with E-state index in [1.165, 1.54) is 11.1 Å². The molecule has 0 aromatic heterocycles. The summed E-state index contributed by atoms with van der Waals surface area (Å²) >= 11 is 0. The average Bonchev–Trinajstić information content (AvgIpc) is 2.91. The third-order valence-corrected chi connectivity index (χ3v) is 4.74. The van der Waals surface area contributed by atoms with Gasteiger partial charge in [-0.05, 0) is 17.7 Å². The van der Waals surface area contributed by atoms with E-state index >= 15 is 0 Å². The number of amides is 3. The Bertz CT molecular complexity index is 914. The Labute approximate surface area is 150 Å². The molecule has 0 spiro atoms. The number of hydrogen-bond acceptors (Lipinski definition) is 3. The van der Waals surface area contributed by atoms with Gasteiger partial charge in [-0.1, -0.05) is 61.2 Å². The molecule has 0 N–H and O–H groups in total. The minimum absolute atomic E-state index is 0.308. The molecule has 2 atom stereocenters. The second-order valence-corrected chi connectivity index (χ2v) is 6.16.